The van der Waals surface area contributed by atoms with Crippen molar-refractivity contribution in [2.24, 2.45) is 5.10 Å². The van der Waals surface area contributed by atoms with Crippen molar-refractivity contribution in [2.75, 3.05) is 5.43 Å². The van der Waals surface area contributed by atoms with E-state index in [2.05, 4.69) is 38.0 Å². The van der Waals surface area contributed by atoms with Crippen molar-refractivity contribution < 1.29 is 0 Å². The van der Waals surface area contributed by atoms with Crippen LogP contribution in [0.2, 0.25) is 5.02 Å². The summed E-state index contributed by atoms with van der Waals surface area (Å²) in [6.45, 7) is 0. The Hall–Kier alpha value is -2.76. The summed E-state index contributed by atoms with van der Waals surface area (Å²) in [6.07, 6.45) is 3.23. The van der Waals surface area contributed by atoms with Gasteiger partial charge in [-0.3, -0.25) is 5.43 Å². The summed E-state index contributed by atoms with van der Waals surface area (Å²) in [5, 5.41) is 8.01. The highest BCUT2D eigenvalue weighted by molar-refractivity contribution is 7.17. The number of rotatable bonds is 4. The van der Waals surface area contributed by atoms with E-state index >= 15 is 0 Å². The Kier molecular flexibility index (Phi) is 4.41. The van der Waals surface area contributed by atoms with Gasteiger partial charge in [-0.2, -0.15) is 5.10 Å². The third-order valence-electron chi connectivity index (χ3n) is 3.73. The van der Waals surface area contributed by atoms with E-state index < -0.39 is 0 Å². The van der Waals surface area contributed by atoms with Crippen LogP contribution in [-0.4, -0.2) is 16.2 Å². The Balaban J connectivity index is 1.70. The van der Waals surface area contributed by atoms with E-state index in [1.165, 1.54) is 0 Å². The van der Waals surface area contributed by atoms with Crippen LogP contribution in [0.5, 0.6) is 0 Å². The minimum atomic E-state index is 0.654. The molecule has 0 fully saturated rings. The highest BCUT2D eigenvalue weighted by Gasteiger charge is 2.12. The first kappa shape index (κ1) is 15.7. The van der Waals surface area contributed by atoms with Crippen molar-refractivity contribution in [3.8, 4) is 11.1 Å². The minimum Gasteiger partial charge on any atom is -0.261 e. The van der Waals surface area contributed by atoms with Gasteiger partial charge < -0.3 is 0 Å². The Bertz CT molecular complexity index is 1040. The average molecular weight is 365 g/mol. The standard InChI is InChI=1S/C19H13ClN4S/c20-16-9-5-4-8-14(16)10-23-24-18-17-15(13-6-2-1-3-7-13)11-25-19(17)22-12-21-18/h1-12H,(H,21,22,24). The van der Waals surface area contributed by atoms with Crippen LogP contribution in [0.1, 0.15) is 5.56 Å². The second-order valence-corrected chi connectivity index (χ2v) is 6.57. The quantitative estimate of drug-likeness (QED) is 0.386. The molecule has 4 nitrogen and oxygen atoms in total. The van der Waals surface area contributed by atoms with Crippen LogP contribution in [0.25, 0.3) is 21.3 Å². The number of nitrogens with zero attached hydrogens (tertiary/aromatic N) is 3. The van der Waals surface area contributed by atoms with E-state index in [1.807, 2.05) is 42.5 Å². The highest BCUT2D eigenvalue weighted by atomic mass is 35.5. The summed E-state index contributed by atoms with van der Waals surface area (Å²) >= 11 is 7.74. The minimum absolute atomic E-state index is 0.654. The van der Waals surface area contributed by atoms with Gasteiger partial charge in [0.2, 0.25) is 0 Å². The van der Waals surface area contributed by atoms with E-state index in [0.717, 1.165) is 26.9 Å². The fourth-order valence-electron chi connectivity index (χ4n) is 2.53. The molecular formula is C19H13ClN4S. The first-order chi connectivity index (χ1) is 12.3. The molecule has 4 aromatic rings. The maximum Gasteiger partial charge on any atom is 0.159 e. The zero-order valence-electron chi connectivity index (χ0n) is 13.1. The Morgan fingerprint density at radius 2 is 1.80 bits per heavy atom. The molecule has 0 amide bonds. The molecule has 2 heterocycles. The number of hydrogen-bond acceptors (Lipinski definition) is 5. The number of aromatic nitrogens is 2. The molecule has 0 atom stereocenters. The number of benzene rings is 2. The number of nitrogens with one attached hydrogen (secondary N) is 1. The van der Waals surface area contributed by atoms with Crippen molar-refractivity contribution in [1.29, 1.82) is 0 Å². The van der Waals surface area contributed by atoms with Gasteiger partial charge in [0.25, 0.3) is 0 Å². The van der Waals surface area contributed by atoms with Gasteiger partial charge in [-0.15, -0.1) is 11.3 Å². The van der Waals surface area contributed by atoms with Gasteiger partial charge in [-0.1, -0.05) is 60.1 Å². The predicted octanol–water partition coefficient (Wildman–Crippen LogP) is 5.46. The third kappa shape index (κ3) is 3.24. The van der Waals surface area contributed by atoms with Crippen LogP contribution in [0.4, 0.5) is 5.82 Å². The lowest BCUT2D eigenvalue weighted by molar-refractivity contribution is 1.19. The van der Waals surface area contributed by atoms with Crippen molar-refractivity contribution in [3.63, 3.8) is 0 Å². The Morgan fingerprint density at radius 3 is 2.64 bits per heavy atom. The summed E-state index contributed by atoms with van der Waals surface area (Å²) in [6, 6.07) is 17.7. The van der Waals surface area contributed by atoms with Crippen LogP contribution in [0.3, 0.4) is 0 Å². The fraction of sp³-hybridized carbons (Fsp3) is 0. The van der Waals surface area contributed by atoms with Crippen LogP contribution < -0.4 is 5.43 Å². The maximum absolute atomic E-state index is 6.15. The van der Waals surface area contributed by atoms with Crippen molar-refractivity contribution in [2.45, 2.75) is 0 Å². The second kappa shape index (κ2) is 7.01. The lowest BCUT2D eigenvalue weighted by atomic mass is 10.1. The second-order valence-electron chi connectivity index (χ2n) is 5.31. The Labute approximate surface area is 153 Å². The number of anilines is 1. The summed E-state index contributed by atoms with van der Waals surface area (Å²) in [5.74, 6) is 0.674. The van der Waals surface area contributed by atoms with E-state index in [1.54, 1.807) is 23.9 Å². The first-order valence-electron chi connectivity index (χ1n) is 7.64. The van der Waals surface area contributed by atoms with Gasteiger partial charge in [-0.25, -0.2) is 9.97 Å². The molecule has 0 saturated heterocycles. The normalized spacial score (nSPS) is 11.2. The Morgan fingerprint density at radius 1 is 1.00 bits per heavy atom. The molecule has 0 aliphatic carbocycles. The van der Waals surface area contributed by atoms with Crippen molar-refractivity contribution in [1.82, 2.24) is 9.97 Å². The van der Waals surface area contributed by atoms with Gasteiger partial charge in [0.05, 0.1) is 11.6 Å². The molecule has 0 unspecified atom stereocenters. The van der Waals surface area contributed by atoms with Gasteiger partial charge in [-0.05, 0) is 11.6 Å². The monoisotopic (exact) mass is 364 g/mol. The van der Waals surface area contributed by atoms with Gasteiger partial charge >= 0.3 is 0 Å². The number of fused-ring (bicyclic) bond motifs is 1. The molecule has 2 aromatic carbocycles. The summed E-state index contributed by atoms with van der Waals surface area (Å²) < 4.78 is 0. The van der Waals surface area contributed by atoms with E-state index in [9.17, 15) is 0 Å². The van der Waals surface area contributed by atoms with E-state index in [0.29, 0.717) is 10.8 Å². The molecule has 4 rings (SSSR count). The van der Waals surface area contributed by atoms with Crippen molar-refractivity contribution >= 4 is 45.2 Å². The van der Waals surface area contributed by atoms with Crippen LogP contribution in [0, 0.1) is 0 Å². The topological polar surface area (TPSA) is 50.2 Å². The maximum atomic E-state index is 6.15. The number of hydrazone groups is 1. The van der Waals surface area contributed by atoms with Gasteiger partial charge in [0.15, 0.2) is 5.82 Å². The van der Waals surface area contributed by atoms with E-state index in [4.69, 9.17) is 11.6 Å². The third-order valence-corrected chi connectivity index (χ3v) is 4.96. The molecule has 0 aliphatic heterocycles. The molecule has 6 heteroatoms. The predicted molar refractivity (Wildman–Crippen MR) is 106 cm³/mol. The van der Waals surface area contributed by atoms with E-state index in [-0.39, 0.29) is 0 Å². The zero-order chi connectivity index (χ0) is 17.1. The van der Waals surface area contributed by atoms with Crippen LogP contribution >= 0.6 is 22.9 Å². The average Bonchev–Trinajstić information content (AvgIpc) is 3.09. The zero-order valence-corrected chi connectivity index (χ0v) is 14.6. The number of thiophene rings is 1. The molecule has 25 heavy (non-hydrogen) atoms. The summed E-state index contributed by atoms with van der Waals surface area (Å²) in [7, 11) is 0. The molecular weight excluding hydrogens is 352 g/mol. The van der Waals surface area contributed by atoms with Crippen LogP contribution in [0.15, 0.2) is 71.4 Å². The number of halogens is 1. The summed E-state index contributed by atoms with van der Waals surface area (Å²) in [5.41, 5.74) is 6.09. The van der Waals surface area contributed by atoms with Crippen LogP contribution in [-0.2, 0) is 0 Å². The smallest absolute Gasteiger partial charge is 0.159 e. The van der Waals surface area contributed by atoms with Crippen molar-refractivity contribution in [3.05, 3.63) is 76.9 Å². The fourth-order valence-corrected chi connectivity index (χ4v) is 3.63. The molecule has 2 aromatic heterocycles. The number of hydrogen-bond donors (Lipinski definition) is 1. The molecule has 0 saturated carbocycles. The molecule has 0 bridgehead atoms. The molecule has 1 N–H and O–H groups in total. The molecule has 122 valence electrons. The molecule has 0 aliphatic rings. The molecule has 0 radical (unpaired) electrons. The lowest BCUT2D eigenvalue weighted by Crippen LogP contribution is -1.95. The van der Waals surface area contributed by atoms with Gasteiger partial charge in [0.1, 0.15) is 11.2 Å². The highest BCUT2D eigenvalue weighted by Crippen LogP contribution is 2.36. The van der Waals surface area contributed by atoms with Gasteiger partial charge in [0, 0.05) is 21.5 Å². The lowest BCUT2D eigenvalue weighted by Gasteiger charge is -2.04. The molecule has 0 spiro atoms. The first-order valence-corrected chi connectivity index (χ1v) is 8.90. The largest absolute Gasteiger partial charge is 0.261 e. The summed E-state index contributed by atoms with van der Waals surface area (Å²) in [4.78, 5) is 9.64. The SMILES string of the molecule is Clc1ccccc1C=NNc1ncnc2scc(-c3ccccc3)c12.